The Hall–Kier alpha value is -1.53. The molecule has 0 aliphatic carbocycles. The van der Waals surface area contributed by atoms with Crippen LogP contribution in [-0.2, 0) is 6.54 Å². The minimum absolute atomic E-state index is 0.0496. The summed E-state index contributed by atoms with van der Waals surface area (Å²) in [6.45, 7) is 0.538. The summed E-state index contributed by atoms with van der Waals surface area (Å²) in [5.41, 5.74) is 0.980. The number of thiocarbonyl (C=S) groups is 1. The van der Waals surface area contributed by atoms with E-state index in [2.05, 4.69) is 10.6 Å². The second-order valence-corrected chi connectivity index (χ2v) is 6.32. The van der Waals surface area contributed by atoms with Crippen LogP contribution in [0.5, 0.6) is 0 Å². The Bertz CT molecular complexity index is 631. The summed E-state index contributed by atoms with van der Waals surface area (Å²) in [6, 6.07) is 8.70. The molecule has 0 radical (unpaired) electrons. The van der Waals surface area contributed by atoms with Gasteiger partial charge >= 0.3 is 0 Å². The minimum Gasteiger partial charge on any atom is -0.467 e. The van der Waals surface area contributed by atoms with Gasteiger partial charge in [0.15, 0.2) is 5.11 Å². The molecule has 110 valence electrons. The molecule has 0 amide bonds. The van der Waals surface area contributed by atoms with Crippen molar-refractivity contribution in [1.29, 1.82) is 0 Å². The van der Waals surface area contributed by atoms with E-state index in [1.807, 2.05) is 18.2 Å². The van der Waals surface area contributed by atoms with Crippen LogP contribution in [0.15, 0.2) is 45.9 Å². The third-order valence-electron chi connectivity index (χ3n) is 3.32. The fourth-order valence-electron chi connectivity index (χ4n) is 2.31. The first-order chi connectivity index (χ1) is 10.2. The number of thioether (sulfide) groups is 1. The van der Waals surface area contributed by atoms with Crippen LogP contribution in [0.25, 0.3) is 0 Å². The molecule has 0 bridgehead atoms. The van der Waals surface area contributed by atoms with Gasteiger partial charge in [0, 0.05) is 10.6 Å². The molecule has 6 heteroatoms. The summed E-state index contributed by atoms with van der Waals surface area (Å²) in [5.74, 6) is 1.61. The van der Waals surface area contributed by atoms with Crippen molar-refractivity contribution in [3.8, 4) is 0 Å². The second-order valence-electron chi connectivity index (χ2n) is 4.78. The van der Waals surface area contributed by atoms with Gasteiger partial charge in [-0.2, -0.15) is 0 Å². The van der Waals surface area contributed by atoms with Crippen LogP contribution in [-0.4, -0.2) is 10.9 Å². The standard InChI is InChI=1S/C15H15FN2OS2/c16-10-3-4-14-12(8-10)13(5-7-21-14)18-15(20)17-9-11-2-1-6-19-11/h1-4,6,8,13H,5,7,9H2,(H2,17,18,20)/t13-/m0/s1. The SMILES string of the molecule is Fc1ccc2c(c1)[C@@H](NC(=S)NCc1ccco1)CCS2. The van der Waals surface area contributed by atoms with Crippen molar-refractivity contribution in [3.05, 3.63) is 53.7 Å². The monoisotopic (exact) mass is 322 g/mol. The van der Waals surface area contributed by atoms with E-state index in [1.54, 1.807) is 24.1 Å². The van der Waals surface area contributed by atoms with Gasteiger partial charge in [0.25, 0.3) is 0 Å². The van der Waals surface area contributed by atoms with Crippen LogP contribution in [0.3, 0.4) is 0 Å². The fourth-order valence-corrected chi connectivity index (χ4v) is 3.63. The van der Waals surface area contributed by atoms with Crippen molar-refractivity contribution in [2.24, 2.45) is 0 Å². The number of hydrogen-bond donors (Lipinski definition) is 2. The molecule has 1 aromatic carbocycles. The third kappa shape index (κ3) is 3.57. The van der Waals surface area contributed by atoms with Crippen molar-refractivity contribution in [1.82, 2.24) is 10.6 Å². The molecule has 1 aliphatic heterocycles. The summed E-state index contributed by atoms with van der Waals surface area (Å²) >= 11 is 7.06. The summed E-state index contributed by atoms with van der Waals surface area (Å²) in [5, 5.41) is 6.92. The van der Waals surface area contributed by atoms with E-state index in [1.165, 1.54) is 6.07 Å². The molecule has 0 saturated heterocycles. The van der Waals surface area contributed by atoms with Gasteiger partial charge < -0.3 is 15.1 Å². The molecule has 3 nitrogen and oxygen atoms in total. The number of nitrogens with one attached hydrogen (secondary N) is 2. The largest absolute Gasteiger partial charge is 0.467 e. The molecule has 0 fully saturated rings. The molecule has 0 saturated carbocycles. The van der Waals surface area contributed by atoms with Gasteiger partial charge in [0.2, 0.25) is 0 Å². The van der Waals surface area contributed by atoms with Crippen molar-refractivity contribution in [2.45, 2.75) is 23.9 Å². The van der Waals surface area contributed by atoms with E-state index >= 15 is 0 Å². The summed E-state index contributed by atoms with van der Waals surface area (Å²) < 4.78 is 18.7. The molecular formula is C15H15FN2OS2. The molecule has 1 aromatic heterocycles. The molecule has 21 heavy (non-hydrogen) atoms. The maximum atomic E-state index is 13.4. The highest BCUT2D eigenvalue weighted by Crippen LogP contribution is 2.36. The van der Waals surface area contributed by atoms with E-state index in [0.717, 1.165) is 28.4 Å². The van der Waals surface area contributed by atoms with Crippen LogP contribution in [0.2, 0.25) is 0 Å². The van der Waals surface area contributed by atoms with Gasteiger partial charge in [-0.3, -0.25) is 0 Å². The predicted octanol–water partition coefficient (Wildman–Crippen LogP) is 3.62. The Morgan fingerprint density at radius 1 is 1.43 bits per heavy atom. The highest BCUT2D eigenvalue weighted by molar-refractivity contribution is 7.99. The first kappa shape index (κ1) is 14.4. The van der Waals surface area contributed by atoms with E-state index in [0.29, 0.717) is 11.7 Å². The zero-order valence-electron chi connectivity index (χ0n) is 11.3. The number of hydrogen-bond acceptors (Lipinski definition) is 3. The van der Waals surface area contributed by atoms with Gasteiger partial charge in [-0.25, -0.2) is 4.39 Å². The summed E-state index contributed by atoms with van der Waals surface area (Å²) in [4.78, 5) is 1.12. The molecule has 0 spiro atoms. The Balaban J connectivity index is 1.63. The second kappa shape index (κ2) is 6.49. The van der Waals surface area contributed by atoms with Crippen LogP contribution in [0, 0.1) is 5.82 Å². The molecule has 2 N–H and O–H groups in total. The third-order valence-corrected chi connectivity index (χ3v) is 4.70. The van der Waals surface area contributed by atoms with Crippen molar-refractivity contribution >= 4 is 29.1 Å². The molecule has 2 aromatic rings. The molecule has 3 rings (SSSR count). The van der Waals surface area contributed by atoms with Crippen LogP contribution in [0.4, 0.5) is 4.39 Å². The first-order valence-electron chi connectivity index (χ1n) is 6.71. The number of furan rings is 1. The lowest BCUT2D eigenvalue weighted by Gasteiger charge is -2.27. The summed E-state index contributed by atoms with van der Waals surface area (Å²) in [6.07, 6.45) is 2.55. The van der Waals surface area contributed by atoms with Crippen molar-refractivity contribution < 1.29 is 8.81 Å². The Morgan fingerprint density at radius 2 is 2.33 bits per heavy atom. The Morgan fingerprint density at radius 3 is 3.14 bits per heavy atom. The molecule has 1 aliphatic rings. The molecule has 0 unspecified atom stereocenters. The minimum atomic E-state index is -0.211. The zero-order valence-corrected chi connectivity index (χ0v) is 12.9. The molecular weight excluding hydrogens is 307 g/mol. The van der Waals surface area contributed by atoms with Gasteiger partial charge in [-0.1, -0.05) is 0 Å². The molecule has 1 atom stereocenters. The lowest BCUT2D eigenvalue weighted by molar-refractivity contribution is 0.500. The van der Waals surface area contributed by atoms with Crippen LogP contribution in [0.1, 0.15) is 23.8 Å². The number of fused-ring (bicyclic) bond motifs is 1. The summed E-state index contributed by atoms with van der Waals surface area (Å²) in [7, 11) is 0. The smallest absolute Gasteiger partial charge is 0.167 e. The lowest BCUT2D eigenvalue weighted by Crippen LogP contribution is -2.38. The lowest BCUT2D eigenvalue weighted by atomic mass is 10.0. The van der Waals surface area contributed by atoms with Gasteiger partial charge in [-0.15, -0.1) is 11.8 Å². The highest BCUT2D eigenvalue weighted by Gasteiger charge is 2.21. The van der Waals surface area contributed by atoms with Gasteiger partial charge in [-0.05, 0) is 54.5 Å². The number of halogens is 1. The Labute approximate surface area is 132 Å². The predicted molar refractivity (Wildman–Crippen MR) is 85.8 cm³/mol. The number of benzene rings is 1. The van der Waals surface area contributed by atoms with E-state index in [9.17, 15) is 4.39 Å². The zero-order chi connectivity index (χ0) is 14.7. The Kier molecular flexibility index (Phi) is 4.45. The maximum absolute atomic E-state index is 13.4. The maximum Gasteiger partial charge on any atom is 0.167 e. The average Bonchev–Trinajstić information content (AvgIpc) is 2.99. The van der Waals surface area contributed by atoms with Crippen LogP contribution < -0.4 is 10.6 Å². The highest BCUT2D eigenvalue weighted by atomic mass is 32.2. The normalized spacial score (nSPS) is 17.1. The van der Waals surface area contributed by atoms with Gasteiger partial charge in [0.1, 0.15) is 11.6 Å². The topological polar surface area (TPSA) is 37.2 Å². The average molecular weight is 322 g/mol. The van der Waals surface area contributed by atoms with E-state index in [4.69, 9.17) is 16.6 Å². The molecule has 2 heterocycles. The number of rotatable bonds is 3. The quantitative estimate of drug-likeness (QED) is 0.844. The van der Waals surface area contributed by atoms with E-state index < -0.39 is 0 Å². The van der Waals surface area contributed by atoms with Crippen LogP contribution >= 0.6 is 24.0 Å². The van der Waals surface area contributed by atoms with Crippen molar-refractivity contribution in [2.75, 3.05) is 5.75 Å². The fraction of sp³-hybridized carbons (Fsp3) is 0.267. The van der Waals surface area contributed by atoms with E-state index in [-0.39, 0.29) is 11.9 Å². The van der Waals surface area contributed by atoms with Crippen molar-refractivity contribution in [3.63, 3.8) is 0 Å². The first-order valence-corrected chi connectivity index (χ1v) is 8.11. The van der Waals surface area contributed by atoms with Gasteiger partial charge in [0.05, 0.1) is 18.8 Å².